The number of rotatable bonds is 5. The fourth-order valence-corrected chi connectivity index (χ4v) is 1.90. The molecule has 3 nitrogen and oxygen atoms in total. The molecule has 0 heterocycles. The van der Waals surface area contributed by atoms with Gasteiger partial charge in [-0.25, -0.2) is 0 Å². The Labute approximate surface area is 103 Å². The van der Waals surface area contributed by atoms with Crippen LogP contribution in [0, 0.1) is 13.8 Å². The van der Waals surface area contributed by atoms with Crippen LogP contribution in [0.1, 0.15) is 42.5 Å². The maximum absolute atomic E-state index is 11.6. The Kier molecular flexibility index (Phi) is 5.16. The summed E-state index contributed by atoms with van der Waals surface area (Å²) in [4.78, 5) is 11.6. The third kappa shape index (κ3) is 3.86. The van der Waals surface area contributed by atoms with Crippen LogP contribution in [0.4, 0.5) is 0 Å². The third-order valence-corrected chi connectivity index (χ3v) is 3.10. The van der Waals surface area contributed by atoms with Gasteiger partial charge in [0.2, 0.25) is 5.91 Å². The van der Waals surface area contributed by atoms with Gasteiger partial charge in [0.1, 0.15) is 0 Å². The predicted molar refractivity (Wildman–Crippen MR) is 70.8 cm³/mol. The van der Waals surface area contributed by atoms with Crippen molar-refractivity contribution in [3.63, 3.8) is 0 Å². The molecule has 1 rings (SSSR count). The molecule has 0 aromatic heterocycles. The Bertz CT molecular complexity index is 388. The van der Waals surface area contributed by atoms with E-state index in [2.05, 4.69) is 31.3 Å². The summed E-state index contributed by atoms with van der Waals surface area (Å²) in [5, 5.41) is 3.00. The molecule has 94 valence electrons. The topological polar surface area (TPSA) is 55.1 Å². The smallest absolute Gasteiger partial charge is 0.220 e. The standard InChI is InChI=1S/C14H22N2O/c1-10-6-4-7-13(11(10)2)12(3)16-14(17)8-5-9-15/h4,6-7,12H,5,8-9,15H2,1-3H3,(H,16,17). The van der Waals surface area contributed by atoms with Gasteiger partial charge >= 0.3 is 0 Å². The van der Waals surface area contributed by atoms with Gasteiger partial charge in [-0.1, -0.05) is 18.2 Å². The molecular weight excluding hydrogens is 212 g/mol. The van der Waals surface area contributed by atoms with Gasteiger partial charge in [-0.3, -0.25) is 4.79 Å². The van der Waals surface area contributed by atoms with Crippen LogP contribution in [-0.2, 0) is 4.79 Å². The maximum Gasteiger partial charge on any atom is 0.220 e. The number of nitrogens with two attached hydrogens (primary N) is 1. The maximum atomic E-state index is 11.6. The zero-order valence-electron chi connectivity index (χ0n) is 10.9. The van der Waals surface area contributed by atoms with Gasteiger partial charge in [0.25, 0.3) is 0 Å². The number of nitrogens with one attached hydrogen (secondary N) is 1. The first-order valence-corrected chi connectivity index (χ1v) is 6.11. The summed E-state index contributed by atoms with van der Waals surface area (Å²) in [6.45, 7) is 6.75. The summed E-state index contributed by atoms with van der Waals surface area (Å²) in [7, 11) is 0. The van der Waals surface area contributed by atoms with Crippen molar-refractivity contribution >= 4 is 5.91 Å². The Balaban J connectivity index is 2.66. The fraction of sp³-hybridized carbons (Fsp3) is 0.500. The second kappa shape index (κ2) is 6.40. The van der Waals surface area contributed by atoms with Crippen molar-refractivity contribution in [3.8, 4) is 0 Å². The van der Waals surface area contributed by atoms with Crippen molar-refractivity contribution in [1.29, 1.82) is 0 Å². The number of benzene rings is 1. The molecule has 1 aromatic rings. The molecule has 3 N–H and O–H groups in total. The van der Waals surface area contributed by atoms with E-state index in [0.717, 1.165) is 6.42 Å². The molecule has 0 aliphatic heterocycles. The summed E-state index contributed by atoms with van der Waals surface area (Å²) in [5.41, 5.74) is 9.07. The molecule has 0 spiro atoms. The first kappa shape index (κ1) is 13.7. The first-order chi connectivity index (χ1) is 8.06. The number of carbonyl (C=O) groups is 1. The van der Waals surface area contributed by atoms with Crippen molar-refractivity contribution in [2.24, 2.45) is 5.73 Å². The number of carbonyl (C=O) groups excluding carboxylic acids is 1. The molecule has 3 heteroatoms. The number of aryl methyl sites for hydroxylation is 1. The molecule has 0 saturated heterocycles. The van der Waals surface area contributed by atoms with Crippen molar-refractivity contribution in [2.45, 2.75) is 39.7 Å². The molecule has 0 saturated carbocycles. The van der Waals surface area contributed by atoms with E-state index in [1.807, 2.05) is 13.0 Å². The highest BCUT2D eigenvalue weighted by molar-refractivity contribution is 5.76. The van der Waals surface area contributed by atoms with Crippen LogP contribution in [0.25, 0.3) is 0 Å². The average Bonchev–Trinajstić information content (AvgIpc) is 2.29. The highest BCUT2D eigenvalue weighted by Gasteiger charge is 2.11. The molecule has 1 amide bonds. The Morgan fingerprint density at radius 1 is 1.41 bits per heavy atom. The first-order valence-electron chi connectivity index (χ1n) is 6.11. The number of amides is 1. The van der Waals surface area contributed by atoms with Gasteiger partial charge in [0.05, 0.1) is 6.04 Å². The lowest BCUT2D eigenvalue weighted by Gasteiger charge is -2.17. The second-order valence-corrected chi connectivity index (χ2v) is 4.47. The summed E-state index contributed by atoms with van der Waals surface area (Å²) in [6.07, 6.45) is 1.25. The average molecular weight is 234 g/mol. The summed E-state index contributed by atoms with van der Waals surface area (Å²) in [6, 6.07) is 6.23. The van der Waals surface area contributed by atoms with E-state index in [1.54, 1.807) is 0 Å². The molecular formula is C14H22N2O. The van der Waals surface area contributed by atoms with Crippen molar-refractivity contribution in [2.75, 3.05) is 6.54 Å². The molecule has 0 radical (unpaired) electrons. The van der Waals surface area contributed by atoms with E-state index in [0.29, 0.717) is 13.0 Å². The molecule has 1 aromatic carbocycles. The van der Waals surface area contributed by atoms with E-state index in [1.165, 1.54) is 16.7 Å². The van der Waals surface area contributed by atoms with E-state index >= 15 is 0 Å². The summed E-state index contributed by atoms with van der Waals surface area (Å²) in [5.74, 6) is 0.0730. The van der Waals surface area contributed by atoms with Crippen LogP contribution in [-0.4, -0.2) is 12.5 Å². The van der Waals surface area contributed by atoms with E-state index in [-0.39, 0.29) is 11.9 Å². The molecule has 0 aliphatic rings. The van der Waals surface area contributed by atoms with Crippen molar-refractivity contribution < 1.29 is 4.79 Å². The van der Waals surface area contributed by atoms with Crippen LogP contribution in [0.5, 0.6) is 0 Å². The lowest BCUT2D eigenvalue weighted by molar-refractivity contribution is -0.121. The summed E-state index contributed by atoms with van der Waals surface area (Å²) < 4.78 is 0. The van der Waals surface area contributed by atoms with Crippen molar-refractivity contribution in [3.05, 3.63) is 34.9 Å². The lowest BCUT2D eigenvalue weighted by Crippen LogP contribution is -2.27. The second-order valence-electron chi connectivity index (χ2n) is 4.47. The fourth-order valence-electron chi connectivity index (χ4n) is 1.90. The van der Waals surface area contributed by atoms with Crippen molar-refractivity contribution in [1.82, 2.24) is 5.32 Å². The zero-order valence-corrected chi connectivity index (χ0v) is 10.9. The molecule has 17 heavy (non-hydrogen) atoms. The highest BCUT2D eigenvalue weighted by Crippen LogP contribution is 2.20. The van der Waals surface area contributed by atoms with Crippen LogP contribution in [0.3, 0.4) is 0 Å². The van der Waals surface area contributed by atoms with Crippen LogP contribution in [0.2, 0.25) is 0 Å². The molecule has 0 bridgehead atoms. The molecule has 1 atom stereocenters. The SMILES string of the molecule is Cc1cccc(C(C)NC(=O)CCCN)c1C. The largest absolute Gasteiger partial charge is 0.350 e. The quantitative estimate of drug-likeness (QED) is 0.820. The Morgan fingerprint density at radius 2 is 2.12 bits per heavy atom. The molecule has 1 unspecified atom stereocenters. The highest BCUT2D eigenvalue weighted by atomic mass is 16.1. The van der Waals surface area contributed by atoms with Gasteiger partial charge in [0.15, 0.2) is 0 Å². The minimum atomic E-state index is 0.0557. The Morgan fingerprint density at radius 3 is 2.76 bits per heavy atom. The Hall–Kier alpha value is -1.35. The minimum Gasteiger partial charge on any atom is -0.350 e. The van der Waals surface area contributed by atoms with Gasteiger partial charge in [-0.15, -0.1) is 0 Å². The number of hydrogen-bond donors (Lipinski definition) is 2. The minimum absolute atomic E-state index is 0.0557. The normalized spacial score (nSPS) is 12.2. The van der Waals surface area contributed by atoms with E-state index < -0.39 is 0 Å². The van der Waals surface area contributed by atoms with Crippen LogP contribution in [0.15, 0.2) is 18.2 Å². The van der Waals surface area contributed by atoms with Gasteiger partial charge in [0, 0.05) is 6.42 Å². The third-order valence-electron chi connectivity index (χ3n) is 3.10. The number of hydrogen-bond acceptors (Lipinski definition) is 2. The van der Waals surface area contributed by atoms with Gasteiger partial charge < -0.3 is 11.1 Å². The molecule has 0 fully saturated rings. The lowest BCUT2D eigenvalue weighted by atomic mass is 9.98. The molecule has 0 aliphatic carbocycles. The van der Waals surface area contributed by atoms with E-state index in [9.17, 15) is 4.79 Å². The predicted octanol–water partition coefficient (Wildman–Crippen LogP) is 2.22. The van der Waals surface area contributed by atoms with E-state index in [4.69, 9.17) is 5.73 Å². The summed E-state index contributed by atoms with van der Waals surface area (Å²) >= 11 is 0. The van der Waals surface area contributed by atoms with Crippen LogP contribution < -0.4 is 11.1 Å². The van der Waals surface area contributed by atoms with Crippen LogP contribution >= 0.6 is 0 Å². The monoisotopic (exact) mass is 234 g/mol. The van der Waals surface area contributed by atoms with Gasteiger partial charge in [-0.05, 0) is 50.4 Å². The zero-order chi connectivity index (χ0) is 12.8. The van der Waals surface area contributed by atoms with Gasteiger partial charge in [-0.2, -0.15) is 0 Å².